The van der Waals surface area contributed by atoms with Gasteiger partial charge in [-0.05, 0) is 26.0 Å². The number of benzene rings is 1. The van der Waals surface area contributed by atoms with E-state index in [0.29, 0.717) is 41.2 Å². The first-order valence-corrected chi connectivity index (χ1v) is 8.99. The molecule has 0 saturated heterocycles. The zero-order valence-corrected chi connectivity index (χ0v) is 16.3. The summed E-state index contributed by atoms with van der Waals surface area (Å²) in [5.41, 5.74) is 5.08. The molecule has 1 atom stereocenters. The Labute approximate surface area is 163 Å². The average Bonchev–Trinajstić information content (AvgIpc) is 3.01. The maximum absolute atomic E-state index is 11.8. The molecule has 0 radical (unpaired) electrons. The Bertz CT molecular complexity index is 714. The summed E-state index contributed by atoms with van der Waals surface area (Å²) >= 11 is 12.6. The molecule has 1 unspecified atom stereocenters. The van der Waals surface area contributed by atoms with E-state index in [0.717, 1.165) is 5.56 Å². The van der Waals surface area contributed by atoms with Gasteiger partial charge in [-0.3, -0.25) is 20.6 Å². The molecule has 3 N–H and O–H groups in total. The van der Waals surface area contributed by atoms with Crippen molar-refractivity contribution < 1.29 is 14.6 Å². The summed E-state index contributed by atoms with van der Waals surface area (Å²) in [5, 5.41) is 10.6. The second-order valence-electron chi connectivity index (χ2n) is 6.72. The predicted octanol–water partition coefficient (Wildman–Crippen LogP) is 3.23. The number of nitrogens with zero attached hydrogens (tertiary/aromatic N) is 1. The van der Waals surface area contributed by atoms with Crippen LogP contribution in [-0.4, -0.2) is 35.6 Å². The summed E-state index contributed by atoms with van der Waals surface area (Å²) in [4.78, 5) is 16.2. The van der Waals surface area contributed by atoms with Crippen molar-refractivity contribution >= 4 is 34.9 Å². The molecule has 6 nitrogen and oxygen atoms in total. The van der Waals surface area contributed by atoms with Gasteiger partial charge in [0.05, 0.1) is 22.1 Å². The summed E-state index contributed by atoms with van der Waals surface area (Å²) in [6.45, 7) is 7.64. The van der Waals surface area contributed by atoms with E-state index < -0.39 is 5.60 Å². The van der Waals surface area contributed by atoms with Crippen LogP contribution in [-0.2, 0) is 4.79 Å². The highest BCUT2D eigenvalue weighted by Crippen LogP contribution is 2.41. The summed E-state index contributed by atoms with van der Waals surface area (Å²) < 4.78 is 5.69. The Hall–Kier alpha value is -1.76. The highest BCUT2D eigenvalue weighted by molar-refractivity contribution is 6.42. The normalized spacial score (nSPS) is 16.8. The van der Waals surface area contributed by atoms with Crippen LogP contribution in [0.1, 0.15) is 38.2 Å². The number of hydrogen-bond donors (Lipinski definition) is 3. The van der Waals surface area contributed by atoms with Gasteiger partial charge in [-0.15, -0.1) is 0 Å². The van der Waals surface area contributed by atoms with Crippen LogP contribution in [0.3, 0.4) is 0 Å². The van der Waals surface area contributed by atoms with Crippen molar-refractivity contribution in [1.29, 1.82) is 0 Å². The molecule has 1 aromatic carbocycles. The molecule has 0 aliphatic carbocycles. The number of aliphatic hydroxyl groups is 1. The van der Waals surface area contributed by atoms with E-state index in [1.807, 2.05) is 0 Å². The fraction of sp³-hybridized carbons (Fsp3) is 0.444. The SMILES string of the molecule is C=CCOc1ccc(Cl)c(Cl)c1C1CN=C(NNC(=O)CC(C)(C)O)C1. The second kappa shape index (κ2) is 8.75. The smallest absolute Gasteiger partial charge is 0.241 e. The van der Waals surface area contributed by atoms with Crippen LogP contribution in [0.5, 0.6) is 5.75 Å². The highest BCUT2D eigenvalue weighted by atomic mass is 35.5. The van der Waals surface area contributed by atoms with Crippen molar-refractivity contribution in [3.63, 3.8) is 0 Å². The molecule has 1 aliphatic heterocycles. The van der Waals surface area contributed by atoms with Crippen molar-refractivity contribution in [2.24, 2.45) is 4.99 Å². The van der Waals surface area contributed by atoms with Crippen LogP contribution in [0.15, 0.2) is 29.8 Å². The van der Waals surface area contributed by atoms with Gasteiger partial charge in [0.15, 0.2) is 0 Å². The van der Waals surface area contributed by atoms with Gasteiger partial charge in [0, 0.05) is 24.4 Å². The van der Waals surface area contributed by atoms with Gasteiger partial charge < -0.3 is 9.84 Å². The minimum Gasteiger partial charge on any atom is -0.489 e. The first-order chi connectivity index (χ1) is 12.2. The lowest BCUT2D eigenvalue weighted by Crippen LogP contribution is -2.43. The quantitative estimate of drug-likeness (QED) is 0.506. The molecular weight excluding hydrogens is 377 g/mol. The second-order valence-corrected chi connectivity index (χ2v) is 7.51. The fourth-order valence-corrected chi connectivity index (χ4v) is 3.12. The lowest BCUT2D eigenvalue weighted by Gasteiger charge is -2.18. The number of carbonyl (C=O) groups excluding carboxylic acids is 1. The van der Waals surface area contributed by atoms with Crippen LogP contribution >= 0.6 is 23.2 Å². The summed E-state index contributed by atoms with van der Waals surface area (Å²) in [6.07, 6.45) is 2.19. The molecule has 26 heavy (non-hydrogen) atoms. The first-order valence-electron chi connectivity index (χ1n) is 8.23. The molecule has 1 aliphatic rings. The van der Waals surface area contributed by atoms with E-state index in [1.54, 1.807) is 32.1 Å². The third-order valence-corrected chi connectivity index (χ3v) is 4.56. The zero-order valence-electron chi connectivity index (χ0n) is 14.8. The molecular formula is C18H23Cl2N3O3. The minimum absolute atomic E-state index is 0.0175. The molecule has 0 bridgehead atoms. The number of ether oxygens (including phenoxy) is 1. The van der Waals surface area contributed by atoms with E-state index >= 15 is 0 Å². The largest absolute Gasteiger partial charge is 0.489 e. The van der Waals surface area contributed by atoms with Crippen molar-refractivity contribution in [2.45, 2.75) is 38.2 Å². The van der Waals surface area contributed by atoms with E-state index in [9.17, 15) is 9.90 Å². The third-order valence-electron chi connectivity index (χ3n) is 3.74. The van der Waals surface area contributed by atoms with Gasteiger partial charge in [-0.25, -0.2) is 0 Å². The number of nitrogens with one attached hydrogen (secondary N) is 2. The van der Waals surface area contributed by atoms with Crippen LogP contribution in [0.2, 0.25) is 10.0 Å². The van der Waals surface area contributed by atoms with Gasteiger partial charge in [0.2, 0.25) is 5.91 Å². The number of hydrogen-bond acceptors (Lipinski definition) is 5. The van der Waals surface area contributed by atoms with Crippen LogP contribution in [0.4, 0.5) is 0 Å². The molecule has 8 heteroatoms. The molecule has 0 spiro atoms. The standard InChI is InChI=1S/C18H23Cl2N3O3/c1-4-7-26-13-6-5-12(19)17(20)16(13)11-8-14(21-10-11)22-23-15(24)9-18(2,3)25/h4-6,11,25H,1,7-10H2,2-3H3,(H,21,22)(H,23,24). The number of aliphatic imine (C=N–C) groups is 1. The Balaban J connectivity index is 2.02. The van der Waals surface area contributed by atoms with Crippen molar-refractivity contribution in [2.75, 3.05) is 13.2 Å². The zero-order chi connectivity index (χ0) is 19.3. The van der Waals surface area contributed by atoms with Gasteiger partial charge in [-0.2, -0.15) is 0 Å². The van der Waals surface area contributed by atoms with E-state index in [2.05, 4.69) is 22.4 Å². The highest BCUT2D eigenvalue weighted by Gasteiger charge is 2.27. The lowest BCUT2D eigenvalue weighted by molar-refractivity contribution is -0.125. The third kappa shape index (κ3) is 5.62. The molecule has 0 aromatic heterocycles. The predicted molar refractivity (Wildman–Crippen MR) is 104 cm³/mol. The van der Waals surface area contributed by atoms with E-state index in [-0.39, 0.29) is 18.2 Å². The van der Waals surface area contributed by atoms with Crippen molar-refractivity contribution in [3.05, 3.63) is 40.4 Å². The van der Waals surface area contributed by atoms with E-state index in [4.69, 9.17) is 27.9 Å². The van der Waals surface area contributed by atoms with Gasteiger partial charge in [0.25, 0.3) is 0 Å². The van der Waals surface area contributed by atoms with E-state index in [1.165, 1.54) is 0 Å². The lowest BCUT2D eigenvalue weighted by atomic mass is 9.96. The Morgan fingerprint density at radius 1 is 1.50 bits per heavy atom. The molecule has 1 aromatic rings. The number of rotatable bonds is 6. The van der Waals surface area contributed by atoms with Crippen molar-refractivity contribution in [1.82, 2.24) is 10.9 Å². The molecule has 0 fully saturated rings. The Kier molecular flexibility index (Phi) is 6.92. The minimum atomic E-state index is -1.07. The first kappa shape index (κ1) is 20.6. The molecule has 1 amide bonds. The molecule has 2 rings (SSSR count). The number of halogens is 2. The van der Waals surface area contributed by atoms with Gasteiger partial charge in [0.1, 0.15) is 18.2 Å². The summed E-state index contributed by atoms with van der Waals surface area (Å²) in [5.74, 6) is 0.936. The maximum atomic E-state index is 11.8. The molecule has 0 saturated carbocycles. The maximum Gasteiger partial charge on any atom is 0.241 e. The molecule has 1 heterocycles. The Morgan fingerprint density at radius 3 is 2.88 bits per heavy atom. The topological polar surface area (TPSA) is 83.0 Å². The van der Waals surface area contributed by atoms with Crippen molar-refractivity contribution in [3.8, 4) is 5.75 Å². The number of carbonyl (C=O) groups is 1. The number of amidine groups is 1. The number of amides is 1. The summed E-state index contributed by atoms with van der Waals surface area (Å²) in [7, 11) is 0. The summed E-state index contributed by atoms with van der Waals surface area (Å²) in [6, 6.07) is 3.47. The Morgan fingerprint density at radius 2 is 2.23 bits per heavy atom. The number of hydrazine groups is 1. The average molecular weight is 400 g/mol. The van der Waals surface area contributed by atoms with Crippen LogP contribution < -0.4 is 15.6 Å². The van der Waals surface area contributed by atoms with Gasteiger partial charge >= 0.3 is 0 Å². The molecule has 142 valence electrons. The van der Waals surface area contributed by atoms with Gasteiger partial charge in [-0.1, -0.05) is 35.9 Å². The van der Waals surface area contributed by atoms with Crippen LogP contribution in [0, 0.1) is 0 Å². The fourth-order valence-electron chi connectivity index (χ4n) is 2.65. The van der Waals surface area contributed by atoms with Crippen LogP contribution in [0.25, 0.3) is 0 Å². The monoisotopic (exact) mass is 399 g/mol.